The van der Waals surface area contributed by atoms with Crippen LogP contribution in [0, 0.1) is 13.8 Å². The number of carbonyl (C=O) groups is 1. The van der Waals surface area contributed by atoms with Gasteiger partial charge in [-0.3, -0.25) is 14.8 Å². The summed E-state index contributed by atoms with van der Waals surface area (Å²) in [4.78, 5) is 12.4. The molecule has 0 aliphatic rings. The molecule has 2 aromatic heterocycles. The van der Waals surface area contributed by atoms with Crippen molar-refractivity contribution in [1.29, 1.82) is 0 Å². The van der Waals surface area contributed by atoms with Gasteiger partial charge in [0, 0.05) is 17.0 Å². The van der Waals surface area contributed by atoms with E-state index in [4.69, 9.17) is 0 Å². The number of amides is 1. The molecule has 0 aliphatic carbocycles. The van der Waals surface area contributed by atoms with E-state index in [2.05, 4.69) is 27.2 Å². The van der Waals surface area contributed by atoms with E-state index >= 15 is 0 Å². The molecule has 134 valence electrons. The Morgan fingerprint density at radius 3 is 2.73 bits per heavy atom. The number of aryl methyl sites for hydroxylation is 2. The van der Waals surface area contributed by atoms with Crippen molar-refractivity contribution in [2.75, 3.05) is 11.1 Å². The van der Waals surface area contributed by atoms with Gasteiger partial charge in [0.05, 0.1) is 12.2 Å². The van der Waals surface area contributed by atoms with Crippen LogP contribution in [0.3, 0.4) is 0 Å². The van der Waals surface area contributed by atoms with E-state index in [0.717, 1.165) is 27.0 Å². The lowest BCUT2D eigenvalue weighted by Crippen LogP contribution is -2.12. The summed E-state index contributed by atoms with van der Waals surface area (Å²) >= 11 is 2.89. The van der Waals surface area contributed by atoms with E-state index in [0.29, 0.717) is 17.2 Å². The first-order valence-corrected chi connectivity index (χ1v) is 9.84. The molecule has 3 aromatic rings. The summed E-state index contributed by atoms with van der Waals surface area (Å²) in [5.41, 5.74) is 3.79. The van der Waals surface area contributed by atoms with Crippen LogP contribution in [0.5, 0.6) is 0 Å². The predicted octanol–water partition coefficient (Wildman–Crippen LogP) is 3.93. The Balaban J connectivity index is 1.62. The van der Waals surface area contributed by atoms with Gasteiger partial charge in [-0.15, -0.1) is 16.8 Å². The fourth-order valence-corrected chi connectivity index (χ4v) is 3.90. The average molecular weight is 386 g/mol. The molecule has 0 saturated carbocycles. The van der Waals surface area contributed by atoms with Crippen LogP contribution in [0.1, 0.15) is 27.3 Å². The second-order valence-corrected chi connectivity index (χ2v) is 7.95. The highest BCUT2D eigenvalue weighted by Crippen LogP contribution is 2.25. The summed E-state index contributed by atoms with van der Waals surface area (Å²) in [5.74, 6) is 0.568. The molecule has 0 radical (unpaired) electrons. The average Bonchev–Trinajstić information content (AvgIpc) is 3.19. The summed E-state index contributed by atoms with van der Waals surface area (Å²) in [7, 11) is 0. The summed E-state index contributed by atoms with van der Waals surface area (Å²) in [5, 5.41) is 15.8. The number of aromatic nitrogens is 4. The lowest BCUT2D eigenvalue weighted by molar-refractivity contribution is 0.102. The molecule has 1 N–H and O–H groups in total. The monoisotopic (exact) mass is 385 g/mol. The number of carbonyl (C=O) groups excluding carboxylic acids is 1. The maximum atomic E-state index is 12.4. The van der Waals surface area contributed by atoms with Crippen molar-refractivity contribution in [3.05, 3.63) is 65.5 Å². The summed E-state index contributed by atoms with van der Waals surface area (Å²) < 4.78 is 2.76. The molecule has 0 spiro atoms. The van der Waals surface area contributed by atoms with E-state index < -0.39 is 0 Å². The second kappa shape index (κ2) is 8.29. The number of rotatable bonds is 7. The zero-order valence-corrected chi connectivity index (χ0v) is 16.2. The van der Waals surface area contributed by atoms with Crippen LogP contribution in [0.2, 0.25) is 0 Å². The first kappa shape index (κ1) is 18.3. The van der Waals surface area contributed by atoms with E-state index in [1.807, 2.05) is 48.9 Å². The standard InChI is InChI=1S/C18H19N5OS2/c1-4-9-25-18-21-20-17(26-18)19-16(24)15-7-5-14(6-8-15)11-23-13(3)10-12(2)22-23/h4-8,10H,1,9,11H2,2-3H3,(H,19,20,24). The largest absolute Gasteiger partial charge is 0.296 e. The molecule has 26 heavy (non-hydrogen) atoms. The molecule has 3 rings (SSSR count). The van der Waals surface area contributed by atoms with Gasteiger partial charge in [0.2, 0.25) is 5.13 Å². The minimum atomic E-state index is -0.195. The van der Waals surface area contributed by atoms with E-state index in [-0.39, 0.29) is 5.91 Å². The highest BCUT2D eigenvalue weighted by molar-refractivity contribution is 8.01. The van der Waals surface area contributed by atoms with Crippen molar-refractivity contribution < 1.29 is 4.79 Å². The third-order valence-electron chi connectivity index (χ3n) is 3.60. The molecule has 0 fully saturated rings. The van der Waals surface area contributed by atoms with Crippen molar-refractivity contribution in [3.8, 4) is 0 Å². The van der Waals surface area contributed by atoms with Crippen molar-refractivity contribution >= 4 is 34.1 Å². The smallest absolute Gasteiger partial charge is 0.257 e. The van der Waals surface area contributed by atoms with Gasteiger partial charge in [0.15, 0.2) is 4.34 Å². The number of hydrogen-bond donors (Lipinski definition) is 1. The number of thioether (sulfide) groups is 1. The van der Waals surface area contributed by atoms with Gasteiger partial charge in [-0.25, -0.2) is 0 Å². The highest BCUT2D eigenvalue weighted by atomic mass is 32.2. The van der Waals surface area contributed by atoms with Crippen LogP contribution in [-0.2, 0) is 6.54 Å². The van der Waals surface area contributed by atoms with Gasteiger partial charge >= 0.3 is 0 Å². The maximum Gasteiger partial charge on any atom is 0.257 e. The molecule has 0 bridgehead atoms. The molecule has 8 heteroatoms. The van der Waals surface area contributed by atoms with Crippen molar-refractivity contribution in [3.63, 3.8) is 0 Å². The molecule has 0 unspecified atom stereocenters. The second-order valence-electron chi connectivity index (χ2n) is 5.71. The third kappa shape index (κ3) is 4.59. The molecule has 0 saturated heterocycles. The fraction of sp³-hybridized carbons (Fsp3) is 0.222. The Morgan fingerprint density at radius 1 is 1.31 bits per heavy atom. The number of hydrogen-bond acceptors (Lipinski definition) is 6. The van der Waals surface area contributed by atoms with Gasteiger partial charge in [0.25, 0.3) is 5.91 Å². The Morgan fingerprint density at radius 2 is 2.08 bits per heavy atom. The van der Waals surface area contributed by atoms with Crippen molar-refractivity contribution in [2.24, 2.45) is 0 Å². The molecule has 1 amide bonds. The third-order valence-corrected chi connectivity index (χ3v) is 5.57. The molecule has 1 aromatic carbocycles. The zero-order valence-electron chi connectivity index (χ0n) is 14.6. The van der Waals surface area contributed by atoms with Gasteiger partial charge < -0.3 is 0 Å². The SMILES string of the molecule is C=CCSc1nnc(NC(=O)c2ccc(Cn3nc(C)cc3C)cc2)s1. The molecular weight excluding hydrogens is 366 g/mol. The minimum Gasteiger partial charge on any atom is -0.296 e. The molecule has 0 atom stereocenters. The maximum absolute atomic E-state index is 12.4. The number of nitrogens with zero attached hydrogens (tertiary/aromatic N) is 4. The quantitative estimate of drug-likeness (QED) is 0.379. The van der Waals surface area contributed by atoms with Crippen LogP contribution in [-0.4, -0.2) is 31.6 Å². The van der Waals surface area contributed by atoms with Crippen LogP contribution >= 0.6 is 23.1 Å². The van der Waals surface area contributed by atoms with Gasteiger partial charge in [0.1, 0.15) is 0 Å². The van der Waals surface area contributed by atoms with E-state index in [1.54, 1.807) is 6.08 Å². The van der Waals surface area contributed by atoms with Gasteiger partial charge in [-0.2, -0.15) is 5.10 Å². The Hall–Kier alpha value is -2.45. The molecule has 0 aliphatic heterocycles. The van der Waals surface area contributed by atoms with Crippen molar-refractivity contribution in [1.82, 2.24) is 20.0 Å². The van der Waals surface area contributed by atoms with Crippen molar-refractivity contribution in [2.45, 2.75) is 24.7 Å². The Bertz CT molecular complexity index is 914. The molecule has 2 heterocycles. The van der Waals surface area contributed by atoms with E-state index in [9.17, 15) is 4.79 Å². The highest BCUT2D eigenvalue weighted by Gasteiger charge is 2.11. The topological polar surface area (TPSA) is 72.7 Å². The predicted molar refractivity (Wildman–Crippen MR) is 106 cm³/mol. The lowest BCUT2D eigenvalue weighted by atomic mass is 10.1. The zero-order chi connectivity index (χ0) is 18.5. The van der Waals surface area contributed by atoms with Crippen LogP contribution in [0.15, 0.2) is 47.3 Å². The lowest BCUT2D eigenvalue weighted by Gasteiger charge is -2.06. The van der Waals surface area contributed by atoms with Crippen LogP contribution in [0.4, 0.5) is 5.13 Å². The molecule has 6 nitrogen and oxygen atoms in total. The first-order valence-electron chi connectivity index (χ1n) is 8.03. The first-order chi connectivity index (χ1) is 12.5. The van der Waals surface area contributed by atoms with Crippen LogP contribution < -0.4 is 5.32 Å². The van der Waals surface area contributed by atoms with Crippen LogP contribution in [0.25, 0.3) is 0 Å². The normalized spacial score (nSPS) is 10.7. The number of nitrogens with one attached hydrogen (secondary N) is 1. The summed E-state index contributed by atoms with van der Waals surface area (Å²) in [6.07, 6.45) is 1.80. The summed E-state index contributed by atoms with van der Waals surface area (Å²) in [6, 6.07) is 9.55. The Kier molecular flexibility index (Phi) is 5.85. The number of benzene rings is 1. The van der Waals surface area contributed by atoms with Gasteiger partial charge in [-0.05, 0) is 37.6 Å². The van der Waals surface area contributed by atoms with Gasteiger partial charge in [-0.1, -0.05) is 41.3 Å². The minimum absolute atomic E-state index is 0.195. The number of anilines is 1. The fourth-order valence-electron chi connectivity index (χ4n) is 2.39. The molecular formula is C18H19N5OS2. The summed E-state index contributed by atoms with van der Waals surface area (Å²) in [6.45, 7) is 8.36. The van der Waals surface area contributed by atoms with E-state index in [1.165, 1.54) is 23.1 Å². The Labute approximate surface area is 160 Å².